The molecule has 0 saturated heterocycles. The Hall–Kier alpha value is -0.780. The van der Waals surface area contributed by atoms with E-state index in [2.05, 4.69) is 0 Å². The summed E-state index contributed by atoms with van der Waals surface area (Å²) in [5.41, 5.74) is 0. The summed E-state index contributed by atoms with van der Waals surface area (Å²) in [6.07, 6.45) is 1.59. The smallest absolute Gasteiger partial charge is 0.423 e. The normalized spacial score (nSPS) is 11.2. The van der Waals surface area contributed by atoms with Crippen LogP contribution in [0.2, 0.25) is 0 Å². The summed E-state index contributed by atoms with van der Waals surface area (Å²) in [5.74, 6) is 0.00743. The van der Waals surface area contributed by atoms with E-state index in [1.807, 2.05) is 6.92 Å². The molecule has 0 aromatic heterocycles. The minimum atomic E-state index is -3.51. The minimum Gasteiger partial charge on any atom is -0.449 e. The zero-order valence-electron chi connectivity index (χ0n) is 10.2. The summed E-state index contributed by atoms with van der Waals surface area (Å²) in [4.78, 5) is 11.4. The molecule has 0 N–H and O–H groups in total. The van der Waals surface area contributed by atoms with Gasteiger partial charge in [0.15, 0.2) is 0 Å². The summed E-state index contributed by atoms with van der Waals surface area (Å²) in [6.45, 7) is 5.56. The van der Waals surface area contributed by atoms with Crippen molar-refractivity contribution < 1.29 is 17.9 Å². The molecule has 6 heteroatoms. The van der Waals surface area contributed by atoms with Crippen LogP contribution < -0.4 is 0 Å². The predicted octanol–water partition coefficient (Wildman–Crippen LogP) is 1.98. The lowest BCUT2D eigenvalue weighted by atomic mass is 10.3. The number of hydrogen-bond acceptors (Lipinski definition) is 4. The van der Waals surface area contributed by atoms with Crippen molar-refractivity contribution in [3.63, 3.8) is 0 Å². The van der Waals surface area contributed by atoms with E-state index in [1.54, 1.807) is 13.8 Å². The van der Waals surface area contributed by atoms with Crippen LogP contribution in [0.4, 0.5) is 4.79 Å². The molecule has 5 nitrogen and oxygen atoms in total. The van der Waals surface area contributed by atoms with Crippen molar-refractivity contribution in [1.82, 2.24) is 4.31 Å². The fourth-order valence-electron chi connectivity index (χ4n) is 1.28. The Kier molecular flexibility index (Phi) is 7.12. The van der Waals surface area contributed by atoms with Crippen LogP contribution in [0.3, 0.4) is 0 Å². The second-order valence-electron chi connectivity index (χ2n) is 3.39. The van der Waals surface area contributed by atoms with E-state index in [-0.39, 0.29) is 18.9 Å². The number of hydrogen-bond donors (Lipinski definition) is 0. The van der Waals surface area contributed by atoms with Crippen molar-refractivity contribution in [2.24, 2.45) is 0 Å². The van der Waals surface area contributed by atoms with Crippen LogP contribution in [0.1, 0.15) is 40.0 Å². The number of ether oxygens (including phenoxy) is 1. The third kappa shape index (κ3) is 4.83. The third-order valence-corrected chi connectivity index (χ3v) is 3.98. The Morgan fingerprint density at radius 1 is 1.19 bits per heavy atom. The van der Waals surface area contributed by atoms with Crippen LogP contribution in [-0.4, -0.2) is 37.7 Å². The van der Waals surface area contributed by atoms with Gasteiger partial charge in [-0.3, -0.25) is 0 Å². The molecule has 0 radical (unpaired) electrons. The van der Waals surface area contributed by atoms with Gasteiger partial charge in [0.05, 0.1) is 12.4 Å². The Labute approximate surface area is 97.8 Å². The number of carbonyl (C=O) groups excluding carboxylic acids is 1. The third-order valence-electron chi connectivity index (χ3n) is 2.10. The molecule has 0 saturated carbocycles. The van der Waals surface area contributed by atoms with Gasteiger partial charge < -0.3 is 4.74 Å². The van der Waals surface area contributed by atoms with Crippen LogP contribution in [0, 0.1) is 0 Å². The van der Waals surface area contributed by atoms with Gasteiger partial charge in [0.1, 0.15) is 0 Å². The monoisotopic (exact) mass is 251 g/mol. The molecular formula is C10H21NO4S. The average molecular weight is 251 g/mol. The Morgan fingerprint density at radius 2 is 1.81 bits per heavy atom. The summed E-state index contributed by atoms with van der Waals surface area (Å²) >= 11 is 0. The maximum absolute atomic E-state index is 11.8. The fourth-order valence-corrected chi connectivity index (χ4v) is 2.74. The lowest BCUT2D eigenvalue weighted by Crippen LogP contribution is -2.38. The summed E-state index contributed by atoms with van der Waals surface area (Å²) in [5, 5.41) is 0. The summed E-state index contributed by atoms with van der Waals surface area (Å²) in [6, 6.07) is 0. The molecule has 0 spiro atoms. The van der Waals surface area contributed by atoms with Crippen LogP contribution in [-0.2, 0) is 14.8 Å². The highest BCUT2D eigenvalue weighted by molar-refractivity contribution is 7.89. The fraction of sp³-hybridized carbons (Fsp3) is 0.900. The summed E-state index contributed by atoms with van der Waals surface area (Å²) < 4.78 is 29.0. The van der Waals surface area contributed by atoms with E-state index in [1.165, 1.54) is 0 Å². The molecule has 0 heterocycles. The van der Waals surface area contributed by atoms with Gasteiger partial charge in [-0.1, -0.05) is 19.8 Å². The molecule has 0 aliphatic rings. The van der Waals surface area contributed by atoms with Gasteiger partial charge in [-0.15, -0.1) is 0 Å². The molecule has 96 valence electrons. The van der Waals surface area contributed by atoms with Crippen LogP contribution in [0.25, 0.3) is 0 Å². The zero-order chi connectivity index (χ0) is 12.6. The lowest BCUT2D eigenvalue weighted by molar-refractivity contribution is 0.132. The molecule has 0 aromatic rings. The van der Waals surface area contributed by atoms with Gasteiger partial charge in [0, 0.05) is 6.54 Å². The molecule has 0 aliphatic heterocycles. The molecular weight excluding hydrogens is 230 g/mol. The Bertz CT molecular complexity index is 300. The van der Waals surface area contributed by atoms with E-state index in [9.17, 15) is 13.2 Å². The molecule has 0 unspecified atom stereocenters. The first-order valence-corrected chi connectivity index (χ1v) is 7.27. The summed E-state index contributed by atoms with van der Waals surface area (Å²) in [7, 11) is -3.51. The molecule has 1 amide bonds. The van der Waals surface area contributed by atoms with Crippen LogP contribution in [0.15, 0.2) is 0 Å². The standard InChI is InChI=1S/C10H21NO4S/c1-4-7-8-9-16(13,14)11(5-2)10(12)15-6-3/h4-9H2,1-3H3. The SMILES string of the molecule is CCCCCS(=O)(=O)N(CC)C(=O)OCC. The maximum Gasteiger partial charge on any atom is 0.423 e. The van der Waals surface area contributed by atoms with Gasteiger partial charge in [-0.25, -0.2) is 17.5 Å². The number of amides is 1. The highest BCUT2D eigenvalue weighted by Crippen LogP contribution is 2.08. The number of carbonyl (C=O) groups is 1. The lowest BCUT2D eigenvalue weighted by Gasteiger charge is -2.19. The number of nitrogens with zero attached hydrogens (tertiary/aromatic N) is 1. The van der Waals surface area contributed by atoms with Crippen molar-refractivity contribution >= 4 is 16.1 Å². The van der Waals surface area contributed by atoms with E-state index in [0.717, 1.165) is 17.1 Å². The number of unbranched alkanes of at least 4 members (excludes halogenated alkanes) is 2. The Balaban J connectivity index is 4.48. The van der Waals surface area contributed by atoms with Crippen molar-refractivity contribution in [2.45, 2.75) is 40.0 Å². The molecule has 0 fully saturated rings. The highest BCUT2D eigenvalue weighted by atomic mass is 32.2. The minimum absolute atomic E-state index is 0.00743. The van der Waals surface area contributed by atoms with E-state index >= 15 is 0 Å². The Morgan fingerprint density at radius 3 is 2.25 bits per heavy atom. The van der Waals surface area contributed by atoms with Gasteiger partial charge >= 0.3 is 6.09 Å². The average Bonchev–Trinajstić information content (AvgIpc) is 2.18. The van der Waals surface area contributed by atoms with Crippen molar-refractivity contribution in [1.29, 1.82) is 0 Å². The molecule has 0 bridgehead atoms. The van der Waals surface area contributed by atoms with Crippen molar-refractivity contribution in [2.75, 3.05) is 18.9 Å². The maximum atomic E-state index is 11.8. The van der Waals surface area contributed by atoms with Gasteiger partial charge in [-0.2, -0.15) is 0 Å². The van der Waals surface area contributed by atoms with Crippen molar-refractivity contribution in [3.05, 3.63) is 0 Å². The van der Waals surface area contributed by atoms with E-state index in [4.69, 9.17) is 4.74 Å². The molecule has 16 heavy (non-hydrogen) atoms. The van der Waals surface area contributed by atoms with Crippen LogP contribution in [0.5, 0.6) is 0 Å². The highest BCUT2D eigenvalue weighted by Gasteiger charge is 2.26. The first-order valence-electron chi connectivity index (χ1n) is 5.66. The van der Waals surface area contributed by atoms with Gasteiger partial charge in [0.25, 0.3) is 0 Å². The first-order chi connectivity index (χ1) is 7.49. The second-order valence-corrected chi connectivity index (χ2v) is 5.40. The van der Waals surface area contributed by atoms with E-state index < -0.39 is 16.1 Å². The largest absolute Gasteiger partial charge is 0.449 e. The predicted molar refractivity (Wildman–Crippen MR) is 62.7 cm³/mol. The number of sulfonamides is 1. The van der Waals surface area contributed by atoms with Gasteiger partial charge in [0.2, 0.25) is 10.0 Å². The molecule has 0 atom stereocenters. The first kappa shape index (κ1) is 15.2. The molecule has 0 rings (SSSR count). The van der Waals surface area contributed by atoms with Crippen LogP contribution >= 0.6 is 0 Å². The quantitative estimate of drug-likeness (QED) is 0.649. The van der Waals surface area contributed by atoms with Crippen molar-refractivity contribution in [3.8, 4) is 0 Å². The topological polar surface area (TPSA) is 63.7 Å². The second kappa shape index (κ2) is 7.49. The number of rotatable bonds is 7. The van der Waals surface area contributed by atoms with E-state index in [0.29, 0.717) is 6.42 Å². The van der Waals surface area contributed by atoms with Gasteiger partial charge in [-0.05, 0) is 20.3 Å². The zero-order valence-corrected chi connectivity index (χ0v) is 11.0. The molecule has 0 aliphatic carbocycles. The molecule has 0 aromatic carbocycles.